The summed E-state index contributed by atoms with van der Waals surface area (Å²) in [6.07, 6.45) is 0. The van der Waals surface area contributed by atoms with E-state index in [1.807, 2.05) is 0 Å². The van der Waals surface area contributed by atoms with Gasteiger partial charge in [0.05, 0.1) is 6.61 Å². The summed E-state index contributed by atoms with van der Waals surface area (Å²) in [6.45, 7) is 4.34. The van der Waals surface area contributed by atoms with Crippen LogP contribution in [0.15, 0.2) is 0 Å². The summed E-state index contributed by atoms with van der Waals surface area (Å²) in [5.41, 5.74) is 3.63. The fourth-order valence-electron chi connectivity index (χ4n) is 1.16. The van der Waals surface area contributed by atoms with Crippen LogP contribution >= 0.6 is 67.8 Å². The standard InChI is InChI=1S/C9H9I3O/c1-4-7(10)5(2)9(12)6(3-13)8(4)11/h13H,3H2,1-2H3. The van der Waals surface area contributed by atoms with E-state index in [4.69, 9.17) is 0 Å². The minimum Gasteiger partial charge on any atom is -0.392 e. The van der Waals surface area contributed by atoms with Gasteiger partial charge in [-0.25, -0.2) is 0 Å². The van der Waals surface area contributed by atoms with Crippen molar-refractivity contribution in [2.24, 2.45) is 0 Å². The van der Waals surface area contributed by atoms with Gasteiger partial charge >= 0.3 is 0 Å². The predicted molar refractivity (Wildman–Crippen MR) is 80.0 cm³/mol. The Morgan fingerprint density at radius 2 is 1.31 bits per heavy atom. The lowest BCUT2D eigenvalue weighted by molar-refractivity contribution is 0.280. The third-order valence-corrected chi connectivity index (χ3v) is 6.54. The SMILES string of the molecule is Cc1c(I)c(C)c(I)c(CO)c1I. The Kier molecular flexibility index (Phi) is 4.72. The van der Waals surface area contributed by atoms with Crippen LogP contribution < -0.4 is 0 Å². The second-order valence-electron chi connectivity index (χ2n) is 2.83. The summed E-state index contributed by atoms with van der Waals surface area (Å²) in [6, 6.07) is 0. The zero-order valence-corrected chi connectivity index (χ0v) is 13.8. The molecule has 0 amide bonds. The third-order valence-electron chi connectivity index (χ3n) is 2.00. The van der Waals surface area contributed by atoms with Gasteiger partial charge in [-0.15, -0.1) is 0 Å². The van der Waals surface area contributed by atoms with E-state index in [1.165, 1.54) is 21.8 Å². The first-order valence-electron chi connectivity index (χ1n) is 3.74. The van der Waals surface area contributed by atoms with E-state index in [0.717, 1.165) is 5.56 Å². The molecule has 1 nitrogen and oxygen atoms in total. The summed E-state index contributed by atoms with van der Waals surface area (Å²) in [7, 11) is 0. The Bertz CT molecular complexity index is 318. The van der Waals surface area contributed by atoms with Gasteiger partial charge < -0.3 is 5.11 Å². The molecule has 0 saturated heterocycles. The summed E-state index contributed by atoms with van der Waals surface area (Å²) >= 11 is 6.97. The van der Waals surface area contributed by atoms with Crippen molar-refractivity contribution in [1.82, 2.24) is 0 Å². The van der Waals surface area contributed by atoms with Crippen molar-refractivity contribution in [3.63, 3.8) is 0 Å². The van der Waals surface area contributed by atoms with E-state index in [1.54, 1.807) is 0 Å². The summed E-state index contributed by atoms with van der Waals surface area (Å²) in [5.74, 6) is 0. The molecule has 4 heteroatoms. The second kappa shape index (κ2) is 4.93. The molecule has 0 spiro atoms. The first-order valence-corrected chi connectivity index (χ1v) is 6.97. The number of halogens is 3. The molecule has 0 aliphatic rings. The van der Waals surface area contributed by atoms with Crippen molar-refractivity contribution >= 4 is 67.8 Å². The van der Waals surface area contributed by atoms with Gasteiger partial charge in [0, 0.05) is 16.3 Å². The molecule has 0 saturated carbocycles. The van der Waals surface area contributed by atoms with Gasteiger partial charge in [-0.05, 0) is 92.7 Å². The number of hydrogen-bond acceptors (Lipinski definition) is 1. The molecule has 0 radical (unpaired) electrons. The average molecular weight is 514 g/mol. The van der Waals surface area contributed by atoms with E-state index in [2.05, 4.69) is 81.6 Å². The van der Waals surface area contributed by atoms with Crippen LogP contribution in [0.4, 0.5) is 0 Å². The largest absolute Gasteiger partial charge is 0.392 e. The molecule has 72 valence electrons. The Hall–Kier alpha value is 1.37. The van der Waals surface area contributed by atoms with E-state index in [9.17, 15) is 5.11 Å². The number of benzene rings is 1. The van der Waals surface area contributed by atoms with Crippen LogP contribution in [0.2, 0.25) is 0 Å². The normalized spacial score (nSPS) is 10.6. The molecule has 0 atom stereocenters. The summed E-state index contributed by atoms with van der Waals surface area (Å²) < 4.78 is 3.70. The highest BCUT2D eigenvalue weighted by Crippen LogP contribution is 2.30. The highest BCUT2D eigenvalue weighted by Gasteiger charge is 2.13. The fourth-order valence-corrected chi connectivity index (χ4v) is 4.67. The summed E-state index contributed by atoms with van der Waals surface area (Å²) in [4.78, 5) is 0. The second-order valence-corrected chi connectivity index (χ2v) is 6.06. The molecular weight excluding hydrogens is 505 g/mol. The van der Waals surface area contributed by atoms with Crippen LogP contribution in [0.25, 0.3) is 0 Å². The van der Waals surface area contributed by atoms with Crippen molar-refractivity contribution < 1.29 is 5.11 Å². The Labute approximate surface area is 119 Å². The molecular formula is C9H9I3O. The first kappa shape index (κ1) is 12.4. The molecule has 0 aliphatic heterocycles. The van der Waals surface area contributed by atoms with Crippen molar-refractivity contribution in [3.05, 3.63) is 27.4 Å². The smallest absolute Gasteiger partial charge is 0.0702 e. The number of aliphatic hydroxyl groups excluding tert-OH is 1. The van der Waals surface area contributed by atoms with Crippen LogP contribution in [-0.2, 0) is 6.61 Å². The molecule has 0 aromatic heterocycles. The van der Waals surface area contributed by atoms with Crippen LogP contribution in [-0.4, -0.2) is 5.11 Å². The van der Waals surface area contributed by atoms with Crippen LogP contribution in [0.5, 0.6) is 0 Å². The van der Waals surface area contributed by atoms with Gasteiger partial charge in [-0.3, -0.25) is 0 Å². The number of rotatable bonds is 1. The molecule has 0 fully saturated rings. The quantitative estimate of drug-likeness (QED) is 0.569. The van der Waals surface area contributed by atoms with Gasteiger partial charge in [-0.2, -0.15) is 0 Å². The average Bonchev–Trinajstić information content (AvgIpc) is 2.13. The molecule has 0 heterocycles. The van der Waals surface area contributed by atoms with Crippen LogP contribution in [0, 0.1) is 24.6 Å². The van der Waals surface area contributed by atoms with Crippen LogP contribution in [0.1, 0.15) is 16.7 Å². The fraction of sp³-hybridized carbons (Fsp3) is 0.333. The Morgan fingerprint density at radius 1 is 0.923 bits per heavy atom. The van der Waals surface area contributed by atoms with Crippen molar-refractivity contribution in [1.29, 1.82) is 0 Å². The lowest BCUT2D eigenvalue weighted by atomic mass is 10.1. The van der Waals surface area contributed by atoms with E-state index in [-0.39, 0.29) is 6.61 Å². The molecule has 1 aromatic carbocycles. The van der Waals surface area contributed by atoms with Gasteiger partial charge in [0.1, 0.15) is 0 Å². The predicted octanol–water partition coefficient (Wildman–Crippen LogP) is 3.61. The van der Waals surface area contributed by atoms with Gasteiger partial charge in [0.2, 0.25) is 0 Å². The highest BCUT2D eigenvalue weighted by atomic mass is 127. The Morgan fingerprint density at radius 3 is 1.62 bits per heavy atom. The van der Waals surface area contributed by atoms with Gasteiger partial charge in [0.15, 0.2) is 0 Å². The Balaban J connectivity index is 3.56. The third kappa shape index (κ3) is 2.31. The van der Waals surface area contributed by atoms with E-state index < -0.39 is 0 Å². The highest BCUT2D eigenvalue weighted by molar-refractivity contribution is 14.1. The molecule has 13 heavy (non-hydrogen) atoms. The van der Waals surface area contributed by atoms with Crippen molar-refractivity contribution in [3.8, 4) is 0 Å². The van der Waals surface area contributed by atoms with Gasteiger partial charge in [-0.1, -0.05) is 0 Å². The topological polar surface area (TPSA) is 20.2 Å². The van der Waals surface area contributed by atoms with Crippen molar-refractivity contribution in [2.75, 3.05) is 0 Å². The number of aliphatic hydroxyl groups is 1. The van der Waals surface area contributed by atoms with Gasteiger partial charge in [0.25, 0.3) is 0 Å². The maximum atomic E-state index is 9.23. The first-order chi connectivity index (χ1) is 6.00. The molecule has 0 bridgehead atoms. The zero-order chi connectivity index (χ0) is 10.2. The zero-order valence-electron chi connectivity index (χ0n) is 7.29. The molecule has 1 N–H and O–H groups in total. The maximum Gasteiger partial charge on any atom is 0.0702 e. The maximum absolute atomic E-state index is 9.23. The molecule has 1 aromatic rings. The molecule has 0 aliphatic carbocycles. The molecule has 0 unspecified atom stereocenters. The monoisotopic (exact) mass is 514 g/mol. The lowest BCUT2D eigenvalue weighted by Crippen LogP contribution is -2.02. The van der Waals surface area contributed by atoms with E-state index >= 15 is 0 Å². The molecule has 1 rings (SSSR count). The van der Waals surface area contributed by atoms with E-state index in [0.29, 0.717) is 0 Å². The minimum atomic E-state index is 0.134. The number of hydrogen-bond donors (Lipinski definition) is 1. The summed E-state index contributed by atoms with van der Waals surface area (Å²) in [5, 5.41) is 9.23. The van der Waals surface area contributed by atoms with Crippen LogP contribution in [0.3, 0.4) is 0 Å². The van der Waals surface area contributed by atoms with Crippen molar-refractivity contribution in [2.45, 2.75) is 20.5 Å². The minimum absolute atomic E-state index is 0.134. The lowest BCUT2D eigenvalue weighted by Gasteiger charge is -2.13.